The molecule has 2 fully saturated rings. The van der Waals surface area contributed by atoms with Gasteiger partial charge in [0.2, 0.25) is 5.91 Å². The third kappa shape index (κ3) is 2.66. The summed E-state index contributed by atoms with van der Waals surface area (Å²) >= 11 is 0. The Morgan fingerprint density at radius 1 is 1.31 bits per heavy atom. The molecule has 2 amide bonds. The summed E-state index contributed by atoms with van der Waals surface area (Å²) in [6.45, 7) is 0.950. The lowest BCUT2D eigenvalue weighted by atomic mass is 10.2. The lowest BCUT2D eigenvalue weighted by Gasteiger charge is -2.25. The van der Waals surface area contributed by atoms with E-state index in [0.717, 1.165) is 0 Å². The van der Waals surface area contributed by atoms with E-state index in [1.807, 2.05) is 0 Å². The van der Waals surface area contributed by atoms with Crippen molar-refractivity contribution in [2.24, 2.45) is 0 Å². The van der Waals surface area contributed by atoms with Crippen molar-refractivity contribution >= 4 is 22.7 Å². The maximum atomic E-state index is 14.0. The second kappa shape index (κ2) is 6.21. The molecule has 2 atom stereocenters. The molecule has 0 spiro atoms. The third-order valence-electron chi connectivity index (χ3n) is 5.11. The number of H-pyrrole nitrogens is 1. The predicted molar refractivity (Wildman–Crippen MR) is 91.3 cm³/mol. The second-order valence-corrected chi connectivity index (χ2v) is 6.65. The molecule has 7 nitrogen and oxygen atoms in total. The highest BCUT2D eigenvalue weighted by Crippen LogP contribution is 2.23. The van der Waals surface area contributed by atoms with Gasteiger partial charge in [-0.05, 0) is 12.1 Å². The van der Waals surface area contributed by atoms with Crippen LogP contribution in [-0.2, 0) is 9.53 Å². The van der Waals surface area contributed by atoms with Gasteiger partial charge in [-0.3, -0.25) is 14.4 Å². The highest BCUT2D eigenvalue weighted by Gasteiger charge is 2.41. The summed E-state index contributed by atoms with van der Waals surface area (Å²) in [6, 6.07) is 5.15. The summed E-state index contributed by atoms with van der Waals surface area (Å²) in [4.78, 5) is 42.9. The molecule has 26 heavy (non-hydrogen) atoms. The molecule has 4 rings (SSSR count). The Kier molecular flexibility index (Phi) is 3.99. The molecule has 1 N–H and O–H groups in total. The monoisotopic (exact) mass is 359 g/mol. The van der Waals surface area contributed by atoms with Gasteiger partial charge in [0.15, 0.2) is 5.43 Å². The summed E-state index contributed by atoms with van der Waals surface area (Å²) in [5.74, 6) is -1.02. The van der Waals surface area contributed by atoms with Crippen LogP contribution in [-0.4, -0.2) is 65.5 Å². The Hall–Kier alpha value is -2.74. The number of nitrogens with one attached hydrogen (secondary N) is 1. The smallest absolute Gasteiger partial charge is 0.270 e. The van der Waals surface area contributed by atoms with Crippen LogP contribution in [0.3, 0.4) is 0 Å². The summed E-state index contributed by atoms with van der Waals surface area (Å²) in [6.07, 6.45) is 0.0636. The summed E-state index contributed by atoms with van der Waals surface area (Å²) in [5, 5.41) is 0.196. The van der Waals surface area contributed by atoms with Crippen LogP contribution in [0.4, 0.5) is 4.39 Å². The molecule has 0 aliphatic carbocycles. The Labute approximate surface area is 148 Å². The molecule has 2 aromatic rings. The van der Waals surface area contributed by atoms with Crippen molar-refractivity contribution in [3.63, 3.8) is 0 Å². The van der Waals surface area contributed by atoms with Crippen molar-refractivity contribution < 1.29 is 18.7 Å². The molecule has 3 heterocycles. The normalized spacial score (nSPS) is 23.2. The minimum atomic E-state index is -0.588. The molecule has 0 radical (unpaired) electrons. The van der Waals surface area contributed by atoms with E-state index in [4.69, 9.17) is 4.74 Å². The van der Waals surface area contributed by atoms with Crippen molar-refractivity contribution in [1.82, 2.24) is 14.8 Å². The molecule has 1 aromatic carbocycles. The molecule has 2 aliphatic heterocycles. The van der Waals surface area contributed by atoms with Gasteiger partial charge in [0.05, 0.1) is 30.7 Å². The number of nitrogens with zero attached hydrogens (tertiary/aromatic N) is 2. The lowest BCUT2D eigenvalue weighted by molar-refractivity contribution is -0.131. The zero-order valence-corrected chi connectivity index (χ0v) is 14.2. The van der Waals surface area contributed by atoms with Crippen LogP contribution < -0.4 is 5.43 Å². The minimum Gasteiger partial charge on any atom is -0.374 e. The van der Waals surface area contributed by atoms with E-state index in [1.165, 1.54) is 29.2 Å². The molecule has 2 saturated heterocycles. The number of pyridine rings is 1. The number of hydrogen-bond donors (Lipinski definition) is 1. The third-order valence-corrected chi connectivity index (χ3v) is 5.11. The van der Waals surface area contributed by atoms with Crippen LogP contribution in [0.25, 0.3) is 10.9 Å². The van der Waals surface area contributed by atoms with Gasteiger partial charge in [-0.2, -0.15) is 0 Å². The van der Waals surface area contributed by atoms with Crippen molar-refractivity contribution in [1.29, 1.82) is 0 Å². The van der Waals surface area contributed by atoms with Crippen molar-refractivity contribution in [3.05, 3.63) is 46.0 Å². The number of benzene rings is 1. The number of aromatic amines is 1. The first-order valence-corrected chi connectivity index (χ1v) is 8.44. The number of likely N-dealkylation sites (N-methyl/N-ethyl adjacent to an activating group) is 1. The van der Waals surface area contributed by atoms with E-state index in [2.05, 4.69) is 4.98 Å². The van der Waals surface area contributed by atoms with Gasteiger partial charge >= 0.3 is 0 Å². The number of aromatic nitrogens is 1. The SMILES string of the molecule is CN1C(=O)CCO[C@H]2CN(C(=O)c3cc(=O)c4cccc(F)c4[nH]3)C[C@@H]21. The van der Waals surface area contributed by atoms with E-state index >= 15 is 0 Å². The minimum absolute atomic E-state index is 0.0142. The van der Waals surface area contributed by atoms with E-state index in [-0.39, 0.29) is 34.6 Å². The maximum absolute atomic E-state index is 14.0. The number of halogens is 1. The number of likely N-dealkylation sites (tertiary alicyclic amines) is 1. The molecule has 1 aromatic heterocycles. The Bertz CT molecular complexity index is 957. The van der Waals surface area contributed by atoms with Gasteiger partial charge in [0.1, 0.15) is 11.5 Å². The molecule has 8 heteroatoms. The van der Waals surface area contributed by atoms with Gasteiger partial charge in [-0.1, -0.05) is 6.07 Å². The molecule has 0 saturated carbocycles. The number of hydrogen-bond acceptors (Lipinski definition) is 4. The van der Waals surface area contributed by atoms with Crippen molar-refractivity contribution in [2.75, 3.05) is 26.7 Å². The fourth-order valence-electron chi connectivity index (χ4n) is 3.64. The number of ether oxygens (including phenoxy) is 1. The first kappa shape index (κ1) is 16.7. The molecule has 136 valence electrons. The van der Waals surface area contributed by atoms with Crippen LogP contribution in [0.1, 0.15) is 16.9 Å². The standard InChI is InChI=1S/C18H18FN3O4/c1-21-13-8-22(9-15(13)26-6-5-16(21)24)18(25)12-7-14(23)10-3-2-4-11(19)17(10)20-12/h2-4,7,13,15H,5-6,8-9H2,1H3,(H,20,23)/t13-,15-/m0/s1. The molecule has 0 unspecified atom stereocenters. The predicted octanol–water partition coefficient (Wildman–Crippen LogP) is 0.739. The second-order valence-electron chi connectivity index (χ2n) is 6.65. The summed E-state index contributed by atoms with van der Waals surface area (Å²) < 4.78 is 19.7. The van der Waals surface area contributed by atoms with Crippen LogP contribution in [0, 0.1) is 5.82 Å². The van der Waals surface area contributed by atoms with Gasteiger partial charge in [-0.15, -0.1) is 0 Å². The van der Waals surface area contributed by atoms with E-state index < -0.39 is 17.2 Å². The average Bonchev–Trinajstić information content (AvgIpc) is 3.00. The highest BCUT2D eigenvalue weighted by molar-refractivity contribution is 5.95. The Balaban J connectivity index is 1.65. The topological polar surface area (TPSA) is 82.7 Å². The quantitative estimate of drug-likeness (QED) is 0.814. The summed E-state index contributed by atoms with van der Waals surface area (Å²) in [5.41, 5.74) is -0.378. The number of carbonyl (C=O) groups excluding carboxylic acids is 2. The fourth-order valence-corrected chi connectivity index (χ4v) is 3.64. The summed E-state index contributed by atoms with van der Waals surface area (Å²) in [7, 11) is 1.70. The zero-order chi connectivity index (χ0) is 18.4. The first-order valence-electron chi connectivity index (χ1n) is 8.44. The highest BCUT2D eigenvalue weighted by atomic mass is 19.1. The molecule has 2 aliphatic rings. The largest absolute Gasteiger partial charge is 0.374 e. The van der Waals surface area contributed by atoms with E-state index in [0.29, 0.717) is 26.1 Å². The van der Waals surface area contributed by atoms with Gasteiger partial charge < -0.3 is 19.5 Å². The number of carbonyl (C=O) groups is 2. The lowest BCUT2D eigenvalue weighted by Crippen LogP contribution is -2.43. The van der Waals surface area contributed by atoms with Crippen LogP contribution >= 0.6 is 0 Å². The van der Waals surface area contributed by atoms with E-state index in [1.54, 1.807) is 11.9 Å². The average molecular weight is 359 g/mol. The van der Waals surface area contributed by atoms with Gasteiger partial charge in [-0.25, -0.2) is 4.39 Å². The molecular weight excluding hydrogens is 341 g/mol. The number of para-hydroxylation sites is 1. The van der Waals surface area contributed by atoms with E-state index in [9.17, 15) is 18.8 Å². The number of rotatable bonds is 1. The molecular formula is C18H18FN3O4. The van der Waals surface area contributed by atoms with Crippen molar-refractivity contribution in [3.8, 4) is 0 Å². The van der Waals surface area contributed by atoms with Crippen LogP contribution in [0.5, 0.6) is 0 Å². The fraction of sp³-hybridized carbons (Fsp3) is 0.389. The first-order chi connectivity index (χ1) is 12.5. The van der Waals surface area contributed by atoms with Gasteiger partial charge in [0, 0.05) is 31.6 Å². The zero-order valence-electron chi connectivity index (χ0n) is 14.2. The van der Waals surface area contributed by atoms with Crippen molar-refractivity contribution in [2.45, 2.75) is 18.6 Å². The Morgan fingerprint density at radius 2 is 2.12 bits per heavy atom. The number of fused-ring (bicyclic) bond motifs is 2. The van der Waals surface area contributed by atoms with Crippen LogP contribution in [0.2, 0.25) is 0 Å². The van der Waals surface area contributed by atoms with Gasteiger partial charge in [0.25, 0.3) is 5.91 Å². The molecule has 0 bridgehead atoms. The number of amides is 2. The van der Waals surface area contributed by atoms with Crippen LogP contribution in [0.15, 0.2) is 29.1 Å². The Morgan fingerprint density at radius 3 is 2.92 bits per heavy atom. The maximum Gasteiger partial charge on any atom is 0.270 e.